The summed E-state index contributed by atoms with van der Waals surface area (Å²) in [6.07, 6.45) is 1.31. The summed E-state index contributed by atoms with van der Waals surface area (Å²) in [6, 6.07) is 0. The lowest BCUT2D eigenvalue weighted by molar-refractivity contribution is 0.0910. The Morgan fingerprint density at radius 1 is 1.24 bits per heavy atom. The molecule has 0 bridgehead atoms. The number of nitrogens with zero attached hydrogens (tertiary/aromatic N) is 2. The van der Waals surface area contributed by atoms with Crippen molar-refractivity contribution in [2.75, 3.05) is 5.73 Å². The van der Waals surface area contributed by atoms with Crippen LogP contribution in [0.15, 0.2) is 0 Å². The van der Waals surface area contributed by atoms with Crippen LogP contribution in [-0.4, -0.2) is 15.8 Å². The Morgan fingerprint density at radius 3 is 2.47 bits per heavy atom. The number of anilines is 1. The van der Waals surface area contributed by atoms with Crippen LogP contribution in [-0.2, 0) is 6.42 Å². The second-order valence-corrected chi connectivity index (χ2v) is 5.88. The second kappa shape index (κ2) is 3.79. The van der Waals surface area contributed by atoms with Gasteiger partial charge in [-0.3, -0.25) is 4.79 Å². The molecule has 1 aromatic rings. The van der Waals surface area contributed by atoms with Crippen molar-refractivity contribution >= 4 is 11.6 Å². The van der Waals surface area contributed by atoms with Crippen molar-refractivity contribution in [3.8, 4) is 0 Å². The summed E-state index contributed by atoms with van der Waals surface area (Å²) in [4.78, 5) is 20.8. The molecule has 4 heteroatoms. The highest BCUT2D eigenvalue weighted by Crippen LogP contribution is 2.35. The maximum Gasteiger partial charge on any atom is 0.168 e. The van der Waals surface area contributed by atoms with Crippen molar-refractivity contribution in [2.24, 2.45) is 5.41 Å². The fourth-order valence-corrected chi connectivity index (χ4v) is 2.28. The first-order chi connectivity index (χ1) is 7.80. The van der Waals surface area contributed by atoms with E-state index in [0.29, 0.717) is 17.8 Å². The number of Topliss-reactive ketones (excluding diaryl/α,β-unsaturated/α-hetero) is 1. The second-order valence-electron chi connectivity index (χ2n) is 5.88. The number of fused-ring (bicyclic) bond motifs is 1. The molecule has 92 valence electrons. The van der Waals surface area contributed by atoms with Crippen molar-refractivity contribution < 1.29 is 4.79 Å². The number of hydrogen-bond acceptors (Lipinski definition) is 4. The predicted octanol–water partition coefficient (Wildman–Crippen LogP) is 2.34. The van der Waals surface area contributed by atoms with Gasteiger partial charge >= 0.3 is 0 Å². The van der Waals surface area contributed by atoms with Crippen LogP contribution < -0.4 is 5.73 Å². The number of nitrogens with two attached hydrogens (primary N) is 1. The zero-order valence-corrected chi connectivity index (χ0v) is 10.9. The maximum atomic E-state index is 12.0. The predicted molar refractivity (Wildman–Crippen MR) is 67.0 cm³/mol. The Kier molecular flexibility index (Phi) is 2.68. The first kappa shape index (κ1) is 12.0. The van der Waals surface area contributed by atoms with Gasteiger partial charge in [-0.2, -0.15) is 0 Å². The summed E-state index contributed by atoms with van der Waals surface area (Å²) in [7, 11) is 0. The van der Waals surface area contributed by atoms with Crippen LogP contribution >= 0.6 is 0 Å². The highest BCUT2D eigenvalue weighted by molar-refractivity contribution is 6.02. The number of aromatic nitrogens is 2. The number of nitrogen functional groups attached to an aromatic ring is 1. The topological polar surface area (TPSA) is 68.9 Å². The summed E-state index contributed by atoms with van der Waals surface area (Å²) < 4.78 is 0. The summed E-state index contributed by atoms with van der Waals surface area (Å²) in [5.41, 5.74) is 7.23. The van der Waals surface area contributed by atoms with E-state index in [1.807, 2.05) is 13.8 Å². The molecule has 0 amide bonds. The Bertz CT molecular complexity index is 478. The molecule has 0 saturated heterocycles. The highest BCUT2D eigenvalue weighted by atomic mass is 16.1. The highest BCUT2D eigenvalue weighted by Gasteiger charge is 2.34. The van der Waals surface area contributed by atoms with E-state index in [2.05, 4.69) is 23.8 Å². The van der Waals surface area contributed by atoms with Crippen molar-refractivity contribution in [1.29, 1.82) is 0 Å². The Balaban J connectivity index is 2.57. The molecule has 0 spiro atoms. The molecule has 0 unspecified atom stereocenters. The van der Waals surface area contributed by atoms with Gasteiger partial charge < -0.3 is 5.73 Å². The van der Waals surface area contributed by atoms with Gasteiger partial charge in [-0.15, -0.1) is 0 Å². The minimum atomic E-state index is -0.0286. The Labute approximate surface area is 102 Å². The molecule has 0 saturated carbocycles. The molecule has 0 aromatic carbocycles. The van der Waals surface area contributed by atoms with Gasteiger partial charge in [0.2, 0.25) is 0 Å². The van der Waals surface area contributed by atoms with Crippen LogP contribution in [0.5, 0.6) is 0 Å². The lowest BCUT2D eigenvalue weighted by atomic mass is 9.75. The van der Waals surface area contributed by atoms with Gasteiger partial charge in [0.15, 0.2) is 5.78 Å². The first-order valence-corrected chi connectivity index (χ1v) is 5.99. The summed E-state index contributed by atoms with van der Waals surface area (Å²) in [6.45, 7) is 8.22. The molecule has 1 heterocycles. The summed E-state index contributed by atoms with van der Waals surface area (Å²) in [5, 5.41) is 0. The van der Waals surface area contributed by atoms with Gasteiger partial charge in [0.25, 0.3) is 0 Å². The zero-order valence-electron chi connectivity index (χ0n) is 10.9. The third kappa shape index (κ3) is 2.16. The standard InChI is InChI=1S/C13H19N3O/c1-7(2)12-15-8-5-13(3,4)6-9(17)10(8)11(14)16-12/h7H,5-6H2,1-4H3,(H2,14,15,16). The quantitative estimate of drug-likeness (QED) is 0.808. The van der Waals surface area contributed by atoms with E-state index in [1.165, 1.54) is 0 Å². The Hall–Kier alpha value is -1.45. The van der Waals surface area contributed by atoms with E-state index in [9.17, 15) is 4.79 Å². The van der Waals surface area contributed by atoms with Crippen molar-refractivity contribution in [3.63, 3.8) is 0 Å². The van der Waals surface area contributed by atoms with Crippen LogP contribution in [0.2, 0.25) is 0 Å². The Morgan fingerprint density at radius 2 is 1.88 bits per heavy atom. The van der Waals surface area contributed by atoms with Gasteiger partial charge in [-0.1, -0.05) is 27.7 Å². The minimum absolute atomic E-state index is 0.0286. The van der Waals surface area contributed by atoms with Crippen molar-refractivity contribution in [1.82, 2.24) is 9.97 Å². The number of carbonyl (C=O) groups is 1. The lowest BCUT2D eigenvalue weighted by Crippen LogP contribution is -2.29. The third-order valence-electron chi connectivity index (χ3n) is 3.11. The van der Waals surface area contributed by atoms with E-state index in [-0.39, 0.29) is 17.1 Å². The van der Waals surface area contributed by atoms with Crippen molar-refractivity contribution in [2.45, 2.75) is 46.5 Å². The molecule has 0 aliphatic heterocycles. The number of carbonyl (C=O) groups excluding carboxylic acids is 1. The molecule has 1 aliphatic carbocycles. The minimum Gasteiger partial charge on any atom is -0.383 e. The van der Waals surface area contributed by atoms with Gasteiger partial charge in [0.05, 0.1) is 11.3 Å². The average Bonchev–Trinajstić information content (AvgIpc) is 2.13. The van der Waals surface area contributed by atoms with Crippen LogP contribution in [0, 0.1) is 5.41 Å². The molecule has 0 radical (unpaired) electrons. The van der Waals surface area contributed by atoms with Crippen LogP contribution in [0.3, 0.4) is 0 Å². The van der Waals surface area contributed by atoms with E-state index in [0.717, 1.165) is 17.9 Å². The first-order valence-electron chi connectivity index (χ1n) is 5.99. The maximum absolute atomic E-state index is 12.0. The van der Waals surface area contributed by atoms with Gasteiger partial charge in [0, 0.05) is 12.3 Å². The smallest absolute Gasteiger partial charge is 0.168 e. The molecule has 1 aromatic heterocycles. The summed E-state index contributed by atoms with van der Waals surface area (Å²) >= 11 is 0. The number of rotatable bonds is 1. The van der Waals surface area contributed by atoms with Gasteiger partial charge in [0.1, 0.15) is 11.6 Å². The molecule has 0 fully saturated rings. The SMILES string of the molecule is CC(C)c1nc(N)c2c(n1)CC(C)(C)CC2=O. The molecular formula is C13H19N3O. The van der Waals surface area contributed by atoms with Gasteiger partial charge in [-0.05, 0) is 11.8 Å². The van der Waals surface area contributed by atoms with E-state index < -0.39 is 0 Å². The van der Waals surface area contributed by atoms with Crippen molar-refractivity contribution in [3.05, 3.63) is 17.1 Å². The monoisotopic (exact) mass is 233 g/mol. The van der Waals surface area contributed by atoms with Crippen LogP contribution in [0.25, 0.3) is 0 Å². The fourth-order valence-electron chi connectivity index (χ4n) is 2.28. The normalized spacial score (nSPS) is 18.3. The molecular weight excluding hydrogens is 214 g/mol. The summed E-state index contributed by atoms with van der Waals surface area (Å²) in [5.74, 6) is 1.37. The van der Waals surface area contributed by atoms with Crippen LogP contribution in [0.4, 0.5) is 5.82 Å². The fraction of sp³-hybridized carbons (Fsp3) is 0.615. The molecule has 17 heavy (non-hydrogen) atoms. The average molecular weight is 233 g/mol. The molecule has 4 nitrogen and oxygen atoms in total. The molecule has 1 aliphatic rings. The molecule has 0 atom stereocenters. The van der Waals surface area contributed by atoms with E-state index in [1.54, 1.807) is 0 Å². The zero-order chi connectivity index (χ0) is 12.8. The largest absolute Gasteiger partial charge is 0.383 e. The van der Waals surface area contributed by atoms with Gasteiger partial charge in [-0.25, -0.2) is 9.97 Å². The lowest BCUT2D eigenvalue weighted by Gasteiger charge is -2.30. The number of ketones is 1. The van der Waals surface area contributed by atoms with E-state index in [4.69, 9.17) is 5.73 Å². The molecule has 2 rings (SSSR count). The third-order valence-corrected chi connectivity index (χ3v) is 3.11. The van der Waals surface area contributed by atoms with Crippen LogP contribution in [0.1, 0.15) is 61.9 Å². The molecule has 2 N–H and O–H groups in total. The number of hydrogen-bond donors (Lipinski definition) is 1. The van der Waals surface area contributed by atoms with E-state index >= 15 is 0 Å².